The minimum Gasteiger partial charge on any atom is -0.465 e. The number of carboxylic acid groups (broad SMARTS) is 1. The fourth-order valence-electron chi connectivity index (χ4n) is 6.61. The SMILES string of the molecule is Cn1cc2c(Cl)c(-c3cn(COCC[Si](C)(C)C)c4nc(N5C6CCC5CC(C)(NC(=O)O)C6)cnc34)ccc2n1. The number of halogens is 1. The first-order chi connectivity index (χ1) is 19.4. The van der Waals surface area contributed by atoms with Gasteiger partial charge >= 0.3 is 6.09 Å². The van der Waals surface area contributed by atoms with Crippen LogP contribution in [0.25, 0.3) is 33.2 Å². The average molecular weight is 596 g/mol. The van der Waals surface area contributed by atoms with Crippen LogP contribution in [0.4, 0.5) is 10.6 Å². The third-order valence-corrected chi connectivity index (χ3v) is 10.6. The number of carbonyl (C=O) groups is 1. The molecule has 2 saturated heterocycles. The van der Waals surface area contributed by atoms with E-state index in [2.05, 4.69) is 35.0 Å². The van der Waals surface area contributed by atoms with Gasteiger partial charge in [-0.15, -0.1) is 0 Å². The van der Waals surface area contributed by atoms with Crippen molar-refractivity contribution in [3.8, 4) is 11.1 Å². The normalized spacial score (nSPS) is 22.6. The molecule has 0 radical (unpaired) electrons. The lowest BCUT2D eigenvalue weighted by atomic mass is 9.84. The van der Waals surface area contributed by atoms with Gasteiger partial charge in [-0.25, -0.2) is 14.8 Å². The molecule has 2 N–H and O–H groups in total. The predicted octanol–water partition coefficient (Wildman–Crippen LogP) is 6.11. The molecule has 0 spiro atoms. The number of rotatable bonds is 8. The van der Waals surface area contributed by atoms with E-state index in [0.717, 1.165) is 70.7 Å². The van der Waals surface area contributed by atoms with Crippen molar-refractivity contribution in [1.29, 1.82) is 0 Å². The van der Waals surface area contributed by atoms with Crippen molar-refractivity contribution >= 4 is 53.7 Å². The van der Waals surface area contributed by atoms with Crippen molar-refractivity contribution in [2.75, 3.05) is 11.5 Å². The van der Waals surface area contributed by atoms with Gasteiger partial charge in [0.05, 0.1) is 16.7 Å². The number of hydrogen-bond acceptors (Lipinski definition) is 6. The van der Waals surface area contributed by atoms with E-state index in [0.29, 0.717) is 18.4 Å². The molecule has 2 atom stereocenters. The number of fused-ring (bicyclic) bond motifs is 4. The molecule has 0 saturated carbocycles. The number of amides is 1. The molecule has 2 fully saturated rings. The first kappa shape index (κ1) is 28.0. The molecule has 218 valence electrons. The van der Waals surface area contributed by atoms with E-state index in [1.165, 1.54) is 0 Å². The molecule has 41 heavy (non-hydrogen) atoms. The van der Waals surface area contributed by atoms with Crippen molar-refractivity contribution in [3.63, 3.8) is 0 Å². The number of hydrogen-bond donors (Lipinski definition) is 2. The highest BCUT2D eigenvalue weighted by Gasteiger charge is 2.47. The molecular weight excluding hydrogens is 558 g/mol. The zero-order valence-electron chi connectivity index (χ0n) is 24.3. The molecule has 6 rings (SSSR count). The van der Waals surface area contributed by atoms with Crippen LogP contribution < -0.4 is 10.2 Å². The van der Waals surface area contributed by atoms with Crippen molar-refractivity contribution in [3.05, 3.63) is 35.7 Å². The van der Waals surface area contributed by atoms with Crippen LogP contribution in [0.5, 0.6) is 0 Å². The van der Waals surface area contributed by atoms with E-state index >= 15 is 0 Å². The Morgan fingerprint density at radius 3 is 2.61 bits per heavy atom. The Morgan fingerprint density at radius 2 is 1.93 bits per heavy atom. The van der Waals surface area contributed by atoms with Crippen LogP contribution in [0, 0.1) is 0 Å². The van der Waals surface area contributed by atoms with E-state index in [9.17, 15) is 9.90 Å². The summed E-state index contributed by atoms with van der Waals surface area (Å²) in [6.45, 7) is 10.1. The molecule has 5 heterocycles. The summed E-state index contributed by atoms with van der Waals surface area (Å²) in [5, 5.41) is 18.2. The number of aryl methyl sites for hydroxylation is 1. The molecule has 2 bridgehead atoms. The Bertz CT molecular complexity index is 1610. The summed E-state index contributed by atoms with van der Waals surface area (Å²) in [6.07, 6.45) is 8.36. The highest BCUT2D eigenvalue weighted by atomic mass is 35.5. The van der Waals surface area contributed by atoms with Crippen molar-refractivity contribution in [1.82, 2.24) is 29.6 Å². The van der Waals surface area contributed by atoms with E-state index in [1.54, 1.807) is 4.68 Å². The standard InChI is InChI=1S/C29H38ClN7O3Si/c1-29(33-28(38)39)12-18-6-7-19(13-29)37(18)24-14-31-26-21(20-8-9-23-22(25(20)30)15-35(2)34-23)16-36(27(26)32-24)17-40-10-11-41(3,4)5/h8-9,14-16,18-19,33H,6-7,10-13,17H2,1-5H3,(H,38,39). The summed E-state index contributed by atoms with van der Waals surface area (Å²) in [5.74, 6) is 0.823. The molecule has 1 aromatic carbocycles. The number of nitrogens with one attached hydrogen (secondary N) is 1. The fourth-order valence-corrected chi connectivity index (χ4v) is 7.67. The monoisotopic (exact) mass is 595 g/mol. The van der Waals surface area contributed by atoms with E-state index in [1.807, 2.05) is 49.3 Å². The van der Waals surface area contributed by atoms with Gasteiger partial charge in [-0.3, -0.25) is 4.68 Å². The Hall–Kier alpha value is -3.15. The second kappa shape index (κ2) is 10.3. The zero-order valence-corrected chi connectivity index (χ0v) is 26.1. The summed E-state index contributed by atoms with van der Waals surface area (Å²) >= 11 is 6.94. The molecule has 12 heteroatoms. The van der Waals surface area contributed by atoms with Crippen LogP contribution in [0.1, 0.15) is 32.6 Å². The van der Waals surface area contributed by atoms with Crippen LogP contribution in [0.3, 0.4) is 0 Å². The van der Waals surface area contributed by atoms with Gasteiger partial charge in [0.2, 0.25) is 0 Å². The van der Waals surface area contributed by atoms with Gasteiger partial charge in [0.15, 0.2) is 5.65 Å². The maximum atomic E-state index is 11.4. The lowest BCUT2D eigenvalue weighted by Gasteiger charge is -2.45. The average Bonchev–Trinajstić information content (AvgIpc) is 3.52. The van der Waals surface area contributed by atoms with E-state index in [-0.39, 0.29) is 12.1 Å². The lowest BCUT2D eigenvalue weighted by Crippen LogP contribution is -2.57. The first-order valence-corrected chi connectivity index (χ1v) is 18.3. The molecule has 2 unspecified atom stereocenters. The highest BCUT2D eigenvalue weighted by Crippen LogP contribution is 2.44. The second-order valence-corrected chi connectivity index (χ2v) is 19.1. The number of anilines is 1. The summed E-state index contributed by atoms with van der Waals surface area (Å²) < 4.78 is 9.98. The minimum absolute atomic E-state index is 0.204. The molecule has 2 aliphatic heterocycles. The zero-order chi connectivity index (χ0) is 29.1. The van der Waals surface area contributed by atoms with Gasteiger partial charge in [-0.1, -0.05) is 37.3 Å². The highest BCUT2D eigenvalue weighted by molar-refractivity contribution is 6.76. The Labute approximate surface area is 245 Å². The number of nitrogens with zero attached hydrogens (tertiary/aromatic N) is 6. The molecule has 4 aromatic rings. The molecule has 2 aliphatic rings. The Morgan fingerprint density at radius 1 is 1.20 bits per heavy atom. The lowest BCUT2D eigenvalue weighted by molar-refractivity contribution is 0.0899. The molecule has 3 aromatic heterocycles. The minimum atomic E-state index is -1.23. The largest absolute Gasteiger partial charge is 0.465 e. The quantitative estimate of drug-likeness (QED) is 0.187. The van der Waals surface area contributed by atoms with Gasteiger partial charge in [0.1, 0.15) is 18.1 Å². The van der Waals surface area contributed by atoms with Crippen LogP contribution in [0.2, 0.25) is 30.7 Å². The van der Waals surface area contributed by atoms with Crippen LogP contribution in [-0.4, -0.2) is 67.8 Å². The molecule has 1 amide bonds. The first-order valence-electron chi connectivity index (χ1n) is 14.3. The van der Waals surface area contributed by atoms with Gasteiger partial charge < -0.3 is 24.6 Å². The van der Waals surface area contributed by atoms with Crippen LogP contribution in [-0.2, 0) is 18.5 Å². The summed E-state index contributed by atoms with van der Waals surface area (Å²) in [4.78, 5) is 23.9. The van der Waals surface area contributed by atoms with Gasteiger partial charge in [0, 0.05) is 68.3 Å². The van der Waals surface area contributed by atoms with Crippen molar-refractivity contribution < 1.29 is 14.6 Å². The number of aromatic nitrogens is 5. The van der Waals surface area contributed by atoms with Gasteiger partial charge in [0.25, 0.3) is 0 Å². The van der Waals surface area contributed by atoms with Crippen molar-refractivity contribution in [2.24, 2.45) is 7.05 Å². The topological polar surface area (TPSA) is 110 Å². The Kier molecular flexibility index (Phi) is 7.02. The predicted molar refractivity (Wildman–Crippen MR) is 164 cm³/mol. The van der Waals surface area contributed by atoms with Gasteiger partial charge in [-0.2, -0.15) is 5.10 Å². The van der Waals surface area contributed by atoms with E-state index in [4.69, 9.17) is 26.3 Å². The third kappa shape index (κ3) is 5.42. The van der Waals surface area contributed by atoms with Crippen LogP contribution >= 0.6 is 11.6 Å². The smallest absolute Gasteiger partial charge is 0.405 e. The third-order valence-electron chi connectivity index (χ3n) is 8.47. The molecule has 10 nitrogen and oxygen atoms in total. The van der Waals surface area contributed by atoms with Crippen LogP contribution in [0.15, 0.2) is 30.7 Å². The summed E-state index contributed by atoms with van der Waals surface area (Å²) in [7, 11) is 0.663. The number of benzene rings is 1. The van der Waals surface area contributed by atoms with Crippen molar-refractivity contribution in [2.45, 2.75) is 82.6 Å². The maximum absolute atomic E-state index is 11.4. The van der Waals surface area contributed by atoms with Gasteiger partial charge in [-0.05, 0) is 44.7 Å². The fraction of sp³-hybridized carbons (Fsp3) is 0.517. The summed E-state index contributed by atoms with van der Waals surface area (Å²) in [6, 6.07) is 5.48. The number of piperidine rings is 1. The van der Waals surface area contributed by atoms with E-state index < -0.39 is 19.7 Å². The molecular formula is C29H38ClN7O3Si. The molecule has 0 aliphatic carbocycles. The maximum Gasteiger partial charge on any atom is 0.405 e. The Balaban J connectivity index is 1.38. The number of ether oxygens (including phenoxy) is 1. The second-order valence-electron chi connectivity index (χ2n) is 13.1. The summed E-state index contributed by atoms with van der Waals surface area (Å²) in [5.41, 5.74) is 3.72.